The van der Waals surface area contributed by atoms with E-state index in [1.807, 2.05) is 30.4 Å². The van der Waals surface area contributed by atoms with Gasteiger partial charge in [0.25, 0.3) is 0 Å². The van der Waals surface area contributed by atoms with Gasteiger partial charge in [-0.25, -0.2) is 4.85 Å². The predicted octanol–water partition coefficient (Wildman–Crippen LogP) is 2.86. The van der Waals surface area contributed by atoms with E-state index in [1.54, 1.807) is 6.07 Å². The zero-order valence-corrected chi connectivity index (χ0v) is 7.10. The van der Waals surface area contributed by atoms with Crippen LogP contribution in [-0.2, 0) is 4.74 Å². The highest BCUT2D eigenvalue weighted by Crippen LogP contribution is 2.25. The highest BCUT2D eigenvalue weighted by atomic mass is 16.5. The summed E-state index contributed by atoms with van der Waals surface area (Å²) in [7, 11) is 0. The van der Waals surface area contributed by atoms with Gasteiger partial charge in [0.15, 0.2) is 5.69 Å². The number of rotatable bonds is 1. The van der Waals surface area contributed by atoms with E-state index in [2.05, 4.69) is 4.85 Å². The van der Waals surface area contributed by atoms with Crippen molar-refractivity contribution >= 4 is 5.69 Å². The first kappa shape index (κ1) is 8.03. The number of ether oxygens (including phenoxy) is 1. The van der Waals surface area contributed by atoms with Crippen LogP contribution in [0.15, 0.2) is 36.4 Å². The molecule has 0 aliphatic carbocycles. The van der Waals surface area contributed by atoms with Crippen molar-refractivity contribution in [3.05, 3.63) is 53.4 Å². The van der Waals surface area contributed by atoms with E-state index in [1.165, 1.54) is 0 Å². The third-order valence-electron chi connectivity index (χ3n) is 2.01. The maximum atomic E-state index is 6.88. The minimum atomic E-state index is 0.0432. The van der Waals surface area contributed by atoms with Gasteiger partial charge in [-0.1, -0.05) is 36.4 Å². The molecule has 0 bridgehead atoms. The first-order valence-corrected chi connectivity index (χ1v) is 4.16. The molecule has 0 N–H and O–H groups in total. The van der Waals surface area contributed by atoms with Gasteiger partial charge in [0.1, 0.15) is 0 Å². The molecule has 1 aliphatic rings. The molecule has 1 aromatic rings. The van der Waals surface area contributed by atoms with Crippen LogP contribution >= 0.6 is 0 Å². The van der Waals surface area contributed by atoms with Gasteiger partial charge in [-0.3, -0.25) is 0 Å². The monoisotopic (exact) mass is 171 g/mol. The highest BCUT2D eigenvalue weighted by molar-refractivity contribution is 5.47. The molecule has 0 amide bonds. The molecular weight excluding hydrogens is 162 g/mol. The maximum Gasteiger partial charge on any atom is 0.187 e. The Balaban J connectivity index is 2.30. The van der Waals surface area contributed by atoms with Crippen molar-refractivity contribution in [1.29, 1.82) is 0 Å². The van der Waals surface area contributed by atoms with Crippen LogP contribution in [0.25, 0.3) is 4.85 Å². The Morgan fingerprint density at radius 2 is 2.38 bits per heavy atom. The molecule has 64 valence electrons. The number of hydrogen-bond acceptors (Lipinski definition) is 1. The Bertz CT molecular complexity index is 376. The van der Waals surface area contributed by atoms with Crippen LogP contribution in [0, 0.1) is 6.57 Å². The quantitative estimate of drug-likeness (QED) is 0.468. The lowest BCUT2D eigenvalue weighted by Crippen LogP contribution is -1.94. The number of benzene rings is 1. The van der Waals surface area contributed by atoms with Crippen molar-refractivity contribution in [2.75, 3.05) is 6.61 Å². The van der Waals surface area contributed by atoms with E-state index in [4.69, 9.17) is 11.3 Å². The summed E-state index contributed by atoms with van der Waals surface area (Å²) < 4.78 is 5.42. The van der Waals surface area contributed by atoms with Gasteiger partial charge in [-0.05, 0) is 5.56 Å². The molecular formula is C11H9NO. The summed E-state index contributed by atoms with van der Waals surface area (Å²) in [6.07, 6.45) is 4.06. The molecule has 1 unspecified atom stereocenters. The minimum Gasteiger partial charge on any atom is -0.365 e. The average Bonchev–Trinajstić information content (AvgIpc) is 2.71. The summed E-state index contributed by atoms with van der Waals surface area (Å²) in [4.78, 5) is 3.37. The second-order valence-corrected chi connectivity index (χ2v) is 2.89. The van der Waals surface area contributed by atoms with E-state index < -0.39 is 0 Å². The fourth-order valence-corrected chi connectivity index (χ4v) is 1.37. The second kappa shape index (κ2) is 3.42. The van der Waals surface area contributed by atoms with Crippen LogP contribution in [-0.4, -0.2) is 6.61 Å². The van der Waals surface area contributed by atoms with Crippen molar-refractivity contribution in [3.8, 4) is 0 Å². The zero-order chi connectivity index (χ0) is 9.10. The molecule has 0 aromatic heterocycles. The summed E-state index contributed by atoms with van der Waals surface area (Å²) in [6, 6.07) is 7.54. The standard InChI is InChI=1S/C11H9NO/c1-12-10-5-2-4-9(8-10)11-6-3-7-13-11/h2-6,8,11H,7H2. The Kier molecular flexibility index (Phi) is 2.11. The normalized spacial score (nSPS) is 20.1. The molecule has 0 radical (unpaired) electrons. The van der Waals surface area contributed by atoms with E-state index in [0.717, 1.165) is 5.56 Å². The van der Waals surface area contributed by atoms with E-state index >= 15 is 0 Å². The predicted molar refractivity (Wildman–Crippen MR) is 50.5 cm³/mol. The summed E-state index contributed by atoms with van der Waals surface area (Å²) in [5.74, 6) is 0. The van der Waals surface area contributed by atoms with Gasteiger partial charge >= 0.3 is 0 Å². The average molecular weight is 171 g/mol. The lowest BCUT2D eigenvalue weighted by molar-refractivity contribution is 0.129. The molecule has 0 fully saturated rings. The van der Waals surface area contributed by atoms with Crippen molar-refractivity contribution in [1.82, 2.24) is 0 Å². The van der Waals surface area contributed by atoms with Gasteiger partial charge in [-0.15, -0.1) is 0 Å². The molecule has 0 spiro atoms. The molecule has 2 rings (SSSR count). The Labute approximate surface area is 77.3 Å². The molecule has 1 heterocycles. The van der Waals surface area contributed by atoms with Crippen molar-refractivity contribution in [3.63, 3.8) is 0 Å². The Morgan fingerprint density at radius 3 is 3.08 bits per heavy atom. The summed E-state index contributed by atoms with van der Waals surface area (Å²) in [5, 5.41) is 0. The van der Waals surface area contributed by atoms with Gasteiger partial charge < -0.3 is 4.74 Å². The summed E-state index contributed by atoms with van der Waals surface area (Å²) >= 11 is 0. The van der Waals surface area contributed by atoms with Crippen molar-refractivity contribution < 1.29 is 4.74 Å². The van der Waals surface area contributed by atoms with Crippen LogP contribution in [0.1, 0.15) is 11.7 Å². The van der Waals surface area contributed by atoms with Crippen LogP contribution in [0.2, 0.25) is 0 Å². The fourth-order valence-electron chi connectivity index (χ4n) is 1.37. The number of hydrogen-bond donors (Lipinski definition) is 0. The smallest absolute Gasteiger partial charge is 0.187 e. The molecule has 13 heavy (non-hydrogen) atoms. The van der Waals surface area contributed by atoms with Crippen LogP contribution in [0.4, 0.5) is 5.69 Å². The molecule has 2 heteroatoms. The zero-order valence-electron chi connectivity index (χ0n) is 7.10. The van der Waals surface area contributed by atoms with Crippen LogP contribution in [0.5, 0.6) is 0 Å². The van der Waals surface area contributed by atoms with Gasteiger partial charge in [0.2, 0.25) is 0 Å². The second-order valence-electron chi connectivity index (χ2n) is 2.89. The fraction of sp³-hybridized carbons (Fsp3) is 0.182. The van der Waals surface area contributed by atoms with Crippen molar-refractivity contribution in [2.45, 2.75) is 6.10 Å². The van der Waals surface area contributed by atoms with Gasteiger partial charge in [0, 0.05) is 0 Å². The molecule has 0 saturated carbocycles. The van der Waals surface area contributed by atoms with Crippen LogP contribution < -0.4 is 0 Å². The SMILES string of the molecule is [C-]#[N+]c1cccc(C2C=CCO2)c1. The van der Waals surface area contributed by atoms with E-state index in [9.17, 15) is 0 Å². The highest BCUT2D eigenvalue weighted by Gasteiger charge is 2.11. The summed E-state index contributed by atoms with van der Waals surface area (Å²) in [5.41, 5.74) is 1.73. The Morgan fingerprint density at radius 1 is 1.46 bits per heavy atom. The van der Waals surface area contributed by atoms with Crippen LogP contribution in [0.3, 0.4) is 0 Å². The first-order valence-electron chi connectivity index (χ1n) is 4.16. The first-order chi connectivity index (χ1) is 6.40. The third kappa shape index (κ3) is 1.61. The molecule has 1 atom stereocenters. The number of nitrogens with zero attached hydrogens (tertiary/aromatic N) is 1. The van der Waals surface area contributed by atoms with E-state index in [0.29, 0.717) is 12.3 Å². The largest absolute Gasteiger partial charge is 0.365 e. The Hall–Kier alpha value is -1.59. The molecule has 0 saturated heterocycles. The van der Waals surface area contributed by atoms with Gasteiger partial charge in [-0.2, -0.15) is 0 Å². The lowest BCUT2D eigenvalue weighted by Gasteiger charge is -2.08. The topological polar surface area (TPSA) is 13.6 Å². The molecule has 2 nitrogen and oxygen atoms in total. The molecule has 1 aromatic carbocycles. The molecule has 1 aliphatic heterocycles. The maximum absolute atomic E-state index is 6.88. The van der Waals surface area contributed by atoms with E-state index in [-0.39, 0.29) is 6.10 Å². The minimum absolute atomic E-state index is 0.0432. The lowest BCUT2D eigenvalue weighted by atomic mass is 10.1. The van der Waals surface area contributed by atoms with Gasteiger partial charge in [0.05, 0.1) is 19.3 Å². The van der Waals surface area contributed by atoms with Crippen molar-refractivity contribution in [2.24, 2.45) is 0 Å². The summed E-state index contributed by atoms with van der Waals surface area (Å²) in [6.45, 7) is 7.55. The third-order valence-corrected chi connectivity index (χ3v) is 2.01.